The minimum atomic E-state index is -0.403. The lowest BCUT2D eigenvalue weighted by Crippen LogP contribution is -2.43. The lowest BCUT2D eigenvalue weighted by atomic mass is 9.82. The molecule has 0 spiro atoms. The predicted octanol–water partition coefficient (Wildman–Crippen LogP) is 8.26. The minimum absolute atomic E-state index is 0.0164. The van der Waals surface area contributed by atoms with E-state index in [0.29, 0.717) is 11.6 Å². The first-order chi connectivity index (χ1) is 18.0. The number of anilines is 2. The molecule has 1 heterocycles. The van der Waals surface area contributed by atoms with Gasteiger partial charge in [0.1, 0.15) is 0 Å². The van der Waals surface area contributed by atoms with Crippen molar-refractivity contribution in [3.8, 4) is 0 Å². The molecule has 2 aromatic rings. The smallest absolute Gasteiger partial charge is 0.261 e. The number of amides is 2. The number of aryl methyl sites for hydroxylation is 1. The van der Waals surface area contributed by atoms with Gasteiger partial charge in [-0.1, -0.05) is 69.9 Å². The van der Waals surface area contributed by atoms with Crippen LogP contribution >= 0.6 is 0 Å². The van der Waals surface area contributed by atoms with Crippen molar-refractivity contribution in [3.05, 3.63) is 63.7 Å². The van der Waals surface area contributed by atoms with Gasteiger partial charge in [-0.2, -0.15) is 5.10 Å². The highest BCUT2D eigenvalue weighted by Gasteiger charge is 2.37. The highest BCUT2D eigenvalue weighted by molar-refractivity contribution is 6.14. The Morgan fingerprint density at radius 1 is 0.838 bits per heavy atom. The van der Waals surface area contributed by atoms with Crippen LogP contribution in [0.1, 0.15) is 94.6 Å². The molecule has 7 heteroatoms. The molecule has 2 aliphatic carbocycles. The summed E-state index contributed by atoms with van der Waals surface area (Å²) in [5.41, 5.74) is 4.59. The van der Waals surface area contributed by atoms with Crippen LogP contribution in [0.2, 0.25) is 0 Å². The monoisotopic (exact) mass is 502 g/mol. The zero-order chi connectivity index (χ0) is 25.8. The standard InChI is InChI=1S/C30H38N4O3/c1-22-15-20-27-28(21-22)32(24-16-18-26(19-17-24)34(36)37)30(35)33(25-13-9-4-2-3-5-10-14-25)31-29(27)23-11-7-6-8-12-23/h15-21,23,25H,2-14H2,1H3. The van der Waals surface area contributed by atoms with Gasteiger partial charge in [-0.15, -0.1) is 0 Å². The molecule has 0 aromatic heterocycles. The van der Waals surface area contributed by atoms with E-state index < -0.39 is 4.92 Å². The van der Waals surface area contributed by atoms with Gasteiger partial charge in [-0.25, -0.2) is 9.80 Å². The highest BCUT2D eigenvalue weighted by atomic mass is 16.6. The maximum absolute atomic E-state index is 14.5. The number of hydrogen-bond donors (Lipinski definition) is 0. The molecule has 0 atom stereocenters. The van der Waals surface area contributed by atoms with E-state index in [1.165, 1.54) is 57.1 Å². The maximum Gasteiger partial charge on any atom is 0.349 e. The zero-order valence-corrected chi connectivity index (χ0v) is 21.9. The third kappa shape index (κ3) is 5.55. The molecule has 7 nitrogen and oxygen atoms in total. The normalized spacial score (nSPS) is 20.4. The van der Waals surface area contributed by atoms with Crippen molar-refractivity contribution in [2.45, 2.75) is 96.4 Å². The molecule has 2 aromatic carbocycles. The first-order valence-electron chi connectivity index (χ1n) is 14.1. The molecule has 2 saturated carbocycles. The van der Waals surface area contributed by atoms with Gasteiger partial charge in [0.25, 0.3) is 5.69 Å². The van der Waals surface area contributed by atoms with Crippen molar-refractivity contribution >= 4 is 28.8 Å². The molecule has 0 radical (unpaired) electrons. The molecular weight excluding hydrogens is 464 g/mol. The van der Waals surface area contributed by atoms with Crippen LogP contribution in [0.15, 0.2) is 47.6 Å². The molecule has 3 aliphatic rings. The van der Waals surface area contributed by atoms with Gasteiger partial charge >= 0.3 is 6.03 Å². The molecule has 0 unspecified atom stereocenters. The summed E-state index contributed by atoms with van der Waals surface area (Å²) in [6.07, 6.45) is 14.9. The van der Waals surface area contributed by atoms with Crippen molar-refractivity contribution in [1.29, 1.82) is 0 Å². The van der Waals surface area contributed by atoms with Gasteiger partial charge in [0.2, 0.25) is 0 Å². The number of hydrogen-bond acceptors (Lipinski definition) is 4. The molecular formula is C30H38N4O3. The van der Waals surface area contributed by atoms with Crippen molar-refractivity contribution in [3.63, 3.8) is 0 Å². The van der Waals surface area contributed by atoms with Crippen LogP contribution in [0.5, 0.6) is 0 Å². The number of benzene rings is 2. The SMILES string of the molecule is Cc1ccc2c(c1)N(c1ccc([N+](=O)[O-])cc1)C(=O)N(C1CCCCCCCC1)N=C2C1CCCCC1. The van der Waals surface area contributed by atoms with Crippen molar-refractivity contribution in [1.82, 2.24) is 5.01 Å². The van der Waals surface area contributed by atoms with Gasteiger partial charge < -0.3 is 0 Å². The van der Waals surface area contributed by atoms with Crippen molar-refractivity contribution in [2.75, 3.05) is 4.90 Å². The Kier molecular flexibility index (Phi) is 7.87. The summed E-state index contributed by atoms with van der Waals surface area (Å²) in [5.74, 6) is 0.332. The number of hydrazone groups is 1. The van der Waals surface area contributed by atoms with Gasteiger partial charge in [-0.05, 0) is 56.4 Å². The first-order valence-corrected chi connectivity index (χ1v) is 14.1. The fraction of sp³-hybridized carbons (Fsp3) is 0.533. The van der Waals surface area contributed by atoms with E-state index in [0.717, 1.165) is 61.1 Å². The number of carbonyl (C=O) groups is 1. The van der Waals surface area contributed by atoms with Crippen LogP contribution in [-0.2, 0) is 0 Å². The Hall–Kier alpha value is -3.22. The summed E-state index contributed by atoms with van der Waals surface area (Å²) in [6, 6.07) is 12.5. The second kappa shape index (κ2) is 11.4. The number of carbonyl (C=O) groups excluding carboxylic acids is 1. The maximum atomic E-state index is 14.5. The molecule has 2 fully saturated rings. The van der Waals surface area contributed by atoms with Crippen LogP contribution in [0.3, 0.4) is 0 Å². The molecule has 0 bridgehead atoms. The number of fused-ring (bicyclic) bond motifs is 1. The first kappa shape index (κ1) is 25.4. The summed E-state index contributed by atoms with van der Waals surface area (Å²) in [5, 5.41) is 18.4. The van der Waals surface area contributed by atoms with Gasteiger partial charge in [0.05, 0.1) is 28.1 Å². The summed E-state index contributed by atoms with van der Waals surface area (Å²) < 4.78 is 0. The quantitative estimate of drug-likeness (QED) is 0.312. The van der Waals surface area contributed by atoms with E-state index in [-0.39, 0.29) is 17.8 Å². The molecule has 5 rings (SSSR count). The van der Waals surface area contributed by atoms with Crippen LogP contribution in [-0.4, -0.2) is 27.7 Å². The van der Waals surface area contributed by atoms with Crippen LogP contribution in [0.25, 0.3) is 0 Å². The average Bonchev–Trinajstić information content (AvgIpc) is 2.97. The second-order valence-electron chi connectivity index (χ2n) is 10.9. The fourth-order valence-corrected chi connectivity index (χ4v) is 6.21. The Balaban J connectivity index is 1.64. The van der Waals surface area contributed by atoms with E-state index >= 15 is 0 Å². The summed E-state index contributed by atoms with van der Waals surface area (Å²) in [4.78, 5) is 27.1. The van der Waals surface area contributed by atoms with Gasteiger partial charge in [0, 0.05) is 23.6 Å². The second-order valence-corrected chi connectivity index (χ2v) is 10.9. The Morgan fingerprint density at radius 3 is 2.08 bits per heavy atom. The number of urea groups is 1. The van der Waals surface area contributed by atoms with Crippen molar-refractivity contribution < 1.29 is 9.72 Å². The fourth-order valence-electron chi connectivity index (χ4n) is 6.21. The molecule has 196 valence electrons. The number of rotatable bonds is 4. The van der Waals surface area contributed by atoms with Gasteiger partial charge in [-0.3, -0.25) is 15.0 Å². The number of nitrogens with zero attached hydrogens (tertiary/aromatic N) is 4. The average molecular weight is 503 g/mol. The lowest BCUT2D eigenvalue weighted by Gasteiger charge is -2.32. The van der Waals surface area contributed by atoms with E-state index in [9.17, 15) is 14.9 Å². The number of non-ortho nitro benzene ring substituents is 1. The Bertz CT molecular complexity index is 1140. The lowest BCUT2D eigenvalue weighted by molar-refractivity contribution is -0.384. The molecule has 0 saturated heterocycles. The van der Waals surface area contributed by atoms with Crippen molar-refractivity contribution in [2.24, 2.45) is 11.0 Å². The minimum Gasteiger partial charge on any atom is -0.261 e. The predicted molar refractivity (Wildman–Crippen MR) is 147 cm³/mol. The van der Waals surface area contributed by atoms with Crippen LogP contribution in [0.4, 0.5) is 21.9 Å². The van der Waals surface area contributed by atoms with Crippen LogP contribution in [0, 0.1) is 23.0 Å². The van der Waals surface area contributed by atoms with E-state index in [1.807, 2.05) is 6.92 Å². The zero-order valence-electron chi connectivity index (χ0n) is 21.9. The molecule has 1 aliphatic heterocycles. The summed E-state index contributed by atoms with van der Waals surface area (Å²) in [6.45, 7) is 2.04. The number of nitro groups is 1. The molecule has 37 heavy (non-hydrogen) atoms. The van der Waals surface area contributed by atoms with E-state index in [2.05, 4.69) is 18.2 Å². The van der Waals surface area contributed by atoms with E-state index in [1.54, 1.807) is 22.0 Å². The topological polar surface area (TPSA) is 79.0 Å². The van der Waals surface area contributed by atoms with Gasteiger partial charge in [0.15, 0.2) is 0 Å². The Morgan fingerprint density at radius 2 is 1.43 bits per heavy atom. The summed E-state index contributed by atoms with van der Waals surface area (Å²) in [7, 11) is 0. The highest BCUT2D eigenvalue weighted by Crippen LogP contribution is 2.39. The molecule has 0 N–H and O–H groups in total. The Labute approximate surface area is 219 Å². The number of nitro benzene ring substituents is 1. The van der Waals surface area contributed by atoms with Crippen LogP contribution < -0.4 is 4.90 Å². The van der Waals surface area contributed by atoms with E-state index in [4.69, 9.17) is 5.10 Å². The summed E-state index contributed by atoms with van der Waals surface area (Å²) >= 11 is 0. The largest absolute Gasteiger partial charge is 0.349 e. The molecule has 2 amide bonds. The third-order valence-corrected chi connectivity index (χ3v) is 8.25. The third-order valence-electron chi connectivity index (χ3n) is 8.25.